The summed E-state index contributed by atoms with van der Waals surface area (Å²) in [4.78, 5) is 9.50. The minimum Gasteiger partial charge on any atom is -0.491 e. The minimum absolute atomic E-state index is 0.175. The summed E-state index contributed by atoms with van der Waals surface area (Å²) in [5.41, 5.74) is 3.10. The van der Waals surface area contributed by atoms with Crippen LogP contribution >= 0.6 is 0 Å². The Morgan fingerprint density at radius 2 is 1.94 bits per heavy atom. The zero-order valence-electron chi connectivity index (χ0n) is 20.5. The molecule has 2 aromatic heterocycles. The number of aryl methyl sites for hydroxylation is 2. The molecule has 1 saturated carbocycles. The van der Waals surface area contributed by atoms with Crippen molar-refractivity contribution in [2.75, 3.05) is 25.5 Å². The normalized spacial score (nSPS) is 17.9. The standard InChI is InChI=1S/C23H29N5O4.C2H6/c1-13-22(14(2)32-28-13)20-10-21(25-16-8-17(29)9-16)27-23(26-20)15-5-4-6-19(7-15)31-12-18(30)11-24-3;1-2/h4-7,10,16-18,24,29-30H,8-9,11-12H2,1-3H3,(H,25,26,27);1-2H3. The summed E-state index contributed by atoms with van der Waals surface area (Å²) in [7, 11) is 1.78. The van der Waals surface area contributed by atoms with E-state index in [1.165, 1.54) is 0 Å². The fourth-order valence-corrected chi connectivity index (χ4v) is 3.75. The molecule has 1 fully saturated rings. The largest absolute Gasteiger partial charge is 0.491 e. The smallest absolute Gasteiger partial charge is 0.162 e. The van der Waals surface area contributed by atoms with E-state index in [1.807, 2.05) is 58.0 Å². The Bertz CT molecular complexity index is 1050. The van der Waals surface area contributed by atoms with Crippen molar-refractivity contribution in [3.63, 3.8) is 0 Å². The fraction of sp³-hybridized carbons (Fsp3) is 0.480. The van der Waals surface area contributed by atoms with Gasteiger partial charge in [-0.3, -0.25) is 0 Å². The monoisotopic (exact) mass is 469 g/mol. The number of likely N-dealkylation sites (N-methyl/N-ethyl adjacent to an activating group) is 1. The maximum absolute atomic E-state index is 9.91. The molecule has 0 saturated heterocycles. The average Bonchev–Trinajstić information content (AvgIpc) is 3.16. The molecule has 1 aromatic carbocycles. The van der Waals surface area contributed by atoms with Crippen LogP contribution in [0.5, 0.6) is 5.75 Å². The highest BCUT2D eigenvalue weighted by atomic mass is 16.5. The highest BCUT2D eigenvalue weighted by Gasteiger charge is 2.28. The number of benzene rings is 1. The van der Waals surface area contributed by atoms with Crippen molar-refractivity contribution in [2.24, 2.45) is 0 Å². The zero-order valence-corrected chi connectivity index (χ0v) is 20.5. The second-order valence-corrected chi connectivity index (χ2v) is 8.18. The molecule has 0 bridgehead atoms. The summed E-state index contributed by atoms with van der Waals surface area (Å²) >= 11 is 0. The highest BCUT2D eigenvalue weighted by Crippen LogP contribution is 2.31. The van der Waals surface area contributed by atoms with Crippen molar-refractivity contribution in [3.8, 4) is 28.4 Å². The van der Waals surface area contributed by atoms with Crippen LogP contribution in [0, 0.1) is 13.8 Å². The van der Waals surface area contributed by atoms with Crippen LogP contribution in [0.2, 0.25) is 0 Å². The SMILES string of the molecule is CC.CNCC(O)COc1cccc(-c2nc(NC3CC(O)C3)cc(-c3c(C)noc3C)n2)c1. The lowest BCUT2D eigenvalue weighted by Gasteiger charge is -2.32. The van der Waals surface area contributed by atoms with E-state index in [4.69, 9.17) is 19.2 Å². The first-order chi connectivity index (χ1) is 16.4. The van der Waals surface area contributed by atoms with Crippen molar-refractivity contribution in [1.29, 1.82) is 0 Å². The number of hydrogen-bond acceptors (Lipinski definition) is 9. The van der Waals surface area contributed by atoms with Crippen molar-refractivity contribution >= 4 is 5.82 Å². The van der Waals surface area contributed by atoms with Gasteiger partial charge in [-0.05, 0) is 45.9 Å². The Balaban J connectivity index is 0.00000158. The van der Waals surface area contributed by atoms with Crippen LogP contribution in [0.4, 0.5) is 5.82 Å². The molecule has 34 heavy (non-hydrogen) atoms. The third kappa shape index (κ3) is 6.31. The van der Waals surface area contributed by atoms with Crippen molar-refractivity contribution in [3.05, 3.63) is 41.8 Å². The Morgan fingerprint density at radius 3 is 2.59 bits per heavy atom. The summed E-state index contributed by atoms with van der Waals surface area (Å²) in [6.07, 6.45) is 0.524. The number of anilines is 1. The third-order valence-electron chi connectivity index (χ3n) is 5.46. The van der Waals surface area contributed by atoms with Gasteiger partial charge in [0.05, 0.1) is 23.1 Å². The molecule has 4 N–H and O–H groups in total. The van der Waals surface area contributed by atoms with Crippen LogP contribution in [-0.4, -0.2) is 63.8 Å². The van der Waals surface area contributed by atoms with Crippen LogP contribution < -0.4 is 15.4 Å². The maximum Gasteiger partial charge on any atom is 0.162 e. The van der Waals surface area contributed by atoms with E-state index >= 15 is 0 Å². The number of aliphatic hydroxyl groups is 2. The molecule has 184 valence electrons. The molecule has 0 amide bonds. The fourth-order valence-electron chi connectivity index (χ4n) is 3.75. The third-order valence-corrected chi connectivity index (χ3v) is 5.46. The van der Waals surface area contributed by atoms with Crippen molar-refractivity contribution in [1.82, 2.24) is 20.4 Å². The molecule has 1 aliphatic carbocycles. The van der Waals surface area contributed by atoms with Gasteiger partial charge in [-0.2, -0.15) is 0 Å². The predicted octanol–water partition coefficient (Wildman–Crippen LogP) is 3.34. The lowest BCUT2D eigenvalue weighted by atomic mass is 9.89. The number of nitrogens with zero attached hydrogens (tertiary/aromatic N) is 3. The van der Waals surface area contributed by atoms with Crippen LogP contribution in [0.3, 0.4) is 0 Å². The van der Waals surface area contributed by atoms with Gasteiger partial charge in [-0.1, -0.05) is 31.1 Å². The van der Waals surface area contributed by atoms with E-state index in [1.54, 1.807) is 7.05 Å². The average molecular weight is 470 g/mol. The van der Waals surface area contributed by atoms with Gasteiger partial charge >= 0.3 is 0 Å². The Kier molecular flexibility index (Phi) is 8.98. The quantitative estimate of drug-likeness (QED) is 0.373. The number of rotatable bonds is 9. The van der Waals surface area contributed by atoms with Gasteiger partial charge in [0.1, 0.15) is 30.0 Å². The number of aliphatic hydroxyl groups excluding tert-OH is 2. The molecule has 0 radical (unpaired) electrons. The molecule has 9 nitrogen and oxygen atoms in total. The van der Waals surface area contributed by atoms with Crippen LogP contribution in [-0.2, 0) is 0 Å². The van der Waals surface area contributed by atoms with Gasteiger partial charge in [-0.15, -0.1) is 0 Å². The molecule has 9 heteroatoms. The molecule has 0 spiro atoms. The summed E-state index contributed by atoms with van der Waals surface area (Å²) in [5, 5.41) is 29.9. The predicted molar refractivity (Wildman–Crippen MR) is 132 cm³/mol. The van der Waals surface area contributed by atoms with Gasteiger partial charge in [0, 0.05) is 24.2 Å². The van der Waals surface area contributed by atoms with E-state index in [-0.39, 0.29) is 18.8 Å². The molecular weight excluding hydrogens is 434 g/mol. The molecule has 1 unspecified atom stereocenters. The van der Waals surface area contributed by atoms with Gasteiger partial charge < -0.3 is 30.1 Å². The highest BCUT2D eigenvalue weighted by molar-refractivity contribution is 5.70. The minimum atomic E-state index is -0.601. The topological polar surface area (TPSA) is 126 Å². The summed E-state index contributed by atoms with van der Waals surface area (Å²) in [6.45, 7) is 8.37. The van der Waals surface area contributed by atoms with Crippen LogP contribution in [0.25, 0.3) is 22.6 Å². The van der Waals surface area contributed by atoms with E-state index in [0.717, 1.165) is 16.8 Å². The van der Waals surface area contributed by atoms with Crippen LogP contribution in [0.1, 0.15) is 38.1 Å². The van der Waals surface area contributed by atoms with E-state index in [0.29, 0.717) is 48.2 Å². The van der Waals surface area contributed by atoms with Gasteiger partial charge in [0.2, 0.25) is 0 Å². The Labute approximate surface area is 200 Å². The van der Waals surface area contributed by atoms with Gasteiger partial charge in [0.15, 0.2) is 5.82 Å². The van der Waals surface area contributed by atoms with Gasteiger partial charge in [0.25, 0.3) is 0 Å². The van der Waals surface area contributed by atoms with Crippen molar-refractivity contribution in [2.45, 2.75) is 58.8 Å². The Morgan fingerprint density at radius 1 is 1.18 bits per heavy atom. The zero-order chi connectivity index (χ0) is 24.7. The lowest BCUT2D eigenvalue weighted by Crippen LogP contribution is -2.39. The molecular formula is C25H35N5O4. The second-order valence-electron chi connectivity index (χ2n) is 8.18. The number of aromatic nitrogens is 3. The molecule has 2 heterocycles. The molecule has 3 aromatic rings. The van der Waals surface area contributed by atoms with Crippen molar-refractivity contribution < 1.29 is 19.5 Å². The van der Waals surface area contributed by atoms with E-state index in [2.05, 4.69) is 15.8 Å². The number of hydrogen-bond donors (Lipinski definition) is 4. The summed E-state index contributed by atoms with van der Waals surface area (Å²) in [5.74, 6) is 2.53. The molecule has 4 rings (SSSR count). The number of nitrogens with one attached hydrogen (secondary N) is 2. The first-order valence-corrected chi connectivity index (χ1v) is 11.8. The first kappa shape index (κ1) is 25.6. The van der Waals surface area contributed by atoms with Gasteiger partial charge in [-0.25, -0.2) is 9.97 Å². The van der Waals surface area contributed by atoms with E-state index < -0.39 is 6.10 Å². The first-order valence-electron chi connectivity index (χ1n) is 11.8. The number of ether oxygens (including phenoxy) is 1. The molecule has 1 aliphatic rings. The summed E-state index contributed by atoms with van der Waals surface area (Å²) < 4.78 is 11.1. The maximum atomic E-state index is 9.91. The molecule has 0 aliphatic heterocycles. The second kappa shape index (κ2) is 11.9. The molecule has 1 atom stereocenters. The lowest BCUT2D eigenvalue weighted by molar-refractivity contribution is 0.0835. The summed E-state index contributed by atoms with van der Waals surface area (Å²) in [6, 6.07) is 9.54. The van der Waals surface area contributed by atoms with E-state index in [9.17, 15) is 10.2 Å². The Hall–Kier alpha value is -3.01. The van der Waals surface area contributed by atoms with Crippen LogP contribution in [0.15, 0.2) is 34.9 Å².